The van der Waals surface area contributed by atoms with E-state index in [-0.39, 0.29) is 16.5 Å². The molecule has 4 nitrogen and oxygen atoms in total. The van der Waals surface area contributed by atoms with Crippen LogP contribution in [0.5, 0.6) is 0 Å². The molecule has 0 unspecified atom stereocenters. The molecule has 0 bridgehead atoms. The fraction of sp³-hybridized carbons (Fsp3) is 0.385. The number of nitrogens with two attached hydrogens (primary N) is 1. The first-order valence-electron chi connectivity index (χ1n) is 6.23. The van der Waals surface area contributed by atoms with Crippen LogP contribution in [0.2, 0.25) is 5.02 Å². The van der Waals surface area contributed by atoms with Gasteiger partial charge in [-0.1, -0.05) is 29.9 Å². The van der Waals surface area contributed by atoms with Crippen molar-refractivity contribution < 1.29 is 9.18 Å². The van der Waals surface area contributed by atoms with Crippen LogP contribution in [0, 0.1) is 5.82 Å². The van der Waals surface area contributed by atoms with Crippen LogP contribution in [-0.4, -0.2) is 53.4 Å². The van der Waals surface area contributed by atoms with Crippen LogP contribution in [0.4, 0.5) is 4.39 Å². The molecule has 108 valence electrons. The van der Waals surface area contributed by atoms with Gasteiger partial charge >= 0.3 is 0 Å². The van der Waals surface area contributed by atoms with Gasteiger partial charge in [-0.15, -0.1) is 0 Å². The minimum absolute atomic E-state index is 0.0584. The molecule has 7 heteroatoms. The van der Waals surface area contributed by atoms with E-state index in [9.17, 15) is 9.18 Å². The summed E-state index contributed by atoms with van der Waals surface area (Å²) in [7, 11) is 0. The molecule has 1 aliphatic rings. The molecule has 1 saturated heterocycles. The number of rotatable bonds is 3. The minimum Gasteiger partial charge on any atom is -0.392 e. The molecule has 0 atom stereocenters. The summed E-state index contributed by atoms with van der Waals surface area (Å²) in [6, 6.07) is 4.23. The van der Waals surface area contributed by atoms with Crippen LogP contribution < -0.4 is 5.73 Å². The number of carbonyl (C=O) groups is 1. The fourth-order valence-electron chi connectivity index (χ4n) is 2.19. The van der Waals surface area contributed by atoms with Crippen molar-refractivity contribution in [2.45, 2.75) is 0 Å². The number of hydrogen-bond acceptors (Lipinski definition) is 3. The Morgan fingerprint density at radius 2 is 2.00 bits per heavy atom. The quantitative estimate of drug-likeness (QED) is 0.859. The summed E-state index contributed by atoms with van der Waals surface area (Å²) in [4.78, 5) is 16.4. The monoisotopic (exact) mass is 315 g/mol. The lowest BCUT2D eigenvalue weighted by atomic mass is 10.1. The standard InChI is InChI=1S/C13H15ClFN3OS/c14-9-2-1-3-10(15)12(9)13(19)18-6-4-17(5-7-18)8-11(16)20/h1-3H,4-8H2,(H2,16,20). The van der Waals surface area contributed by atoms with Crippen molar-refractivity contribution in [2.75, 3.05) is 32.7 Å². The maximum absolute atomic E-state index is 13.7. The predicted octanol–water partition coefficient (Wildman–Crippen LogP) is 1.52. The molecule has 0 radical (unpaired) electrons. The SMILES string of the molecule is NC(=S)CN1CCN(C(=O)c2c(F)cccc2Cl)CC1. The first-order valence-corrected chi connectivity index (χ1v) is 7.01. The van der Waals surface area contributed by atoms with Gasteiger partial charge in [-0.05, 0) is 12.1 Å². The zero-order valence-corrected chi connectivity index (χ0v) is 12.4. The Balaban J connectivity index is 2.04. The molecule has 0 spiro atoms. The van der Waals surface area contributed by atoms with Gasteiger partial charge < -0.3 is 10.6 Å². The maximum Gasteiger partial charge on any atom is 0.258 e. The maximum atomic E-state index is 13.7. The molecule has 20 heavy (non-hydrogen) atoms. The Hall–Kier alpha value is -1.24. The van der Waals surface area contributed by atoms with Crippen molar-refractivity contribution in [1.29, 1.82) is 0 Å². The van der Waals surface area contributed by atoms with Crippen LogP contribution in [0.1, 0.15) is 10.4 Å². The predicted molar refractivity (Wildman–Crippen MR) is 80.5 cm³/mol. The molecular weight excluding hydrogens is 301 g/mol. The fourth-order valence-corrected chi connectivity index (χ4v) is 2.62. The van der Waals surface area contributed by atoms with Crippen LogP contribution in [0.3, 0.4) is 0 Å². The zero-order chi connectivity index (χ0) is 14.7. The van der Waals surface area contributed by atoms with Crippen LogP contribution in [0.15, 0.2) is 18.2 Å². The Morgan fingerprint density at radius 1 is 1.35 bits per heavy atom. The minimum atomic E-state index is -0.590. The highest BCUT2D eigenvalue weighted by atomic mass is 35.5. The number of amides is 1. The van der Waals surface area contributed by atoms with Crippen molar-refractivity contribution in [1.82, 2.24) is 9.80 Å². The Bertz CT molecular complexity index is 512. The average molecular weight is 316 g/mol. The van der Waals surface area contributed by atoms with Gasteiger partial charge in [0.2, 0.25) is 0 Å². The molecule has 1 fully saturated rings. The van der Waals surface area contributed by atoms with Gasteiger partial charge in [0.15, 0.2) is 0 Å². The number of hydrogen-bond donors (Lipinski definition) is 1. The summed E-state index contributed by atoms with van der Waals surface area (Å²) in [5.74, 6) is -0.962. The molecule has 1 amide bonds. The lowest BCUT2D eigenvalue weighted by Crippen LogP contribution is -2.50. The summed E-state index contributed by atoms with van der Waals surface area (Å²) in [5.41, 5.74) is 5.43. The lowest BCUT2D eigenvalue weighted by molar-refractivity contribution is 0.0650. The van der Waals surface area contributed by atoms with E-state index in [0.29, 0.717) is 37.7 Å². The van der Waals surface area contributed by atoms with E-state index in [1.807, 2.05) is 0 Å². The highest BCUT2D eigenvalue weighted by Gasteiger charge is 2.25. The first-order chi connectivity index (χ1) is 9.49. The molecule has 2 N–H and O–H groups in total. The third kappa shape index (κ3) is 3.45. The van der Waals surface area contributed by atoms with Crippen molar-refractivity contribution in [3.05, 3.63) is 34.6 Å². The molecule has 1 aromatic carbocycles. The average Bonchev–Trinajstić information content (AvgIpc) is 2.38. The topological polar surface area (TPSA) is 49.6 Å². The second kappa shape index (κ2) is 6.47. The number of halogens is 2. The second-order valence-electron chi connectivity index (χ2n) is 4.63. The third-order valence-corrected chi connectivity index (χ3v) is 3.66. The van der Waals surface area contributed by atoms with Crippen molar-refractivity contribution in [2.24, 2.45) is 5.73 Å². The van der Waals surface area contributed by atoms with E-state index >= 15 is 0 Å². The van der Waals surface area contributed by atoms with Gasteiger partial charge in [-0.2, -0.15) is 0 Å². The largest absolute Gasteiger partial charge is 0.392 e. The van der Waals surface area contributed by atoms with E-state index in [1.165, 1.54) is 18.2 Å². The lowest BCUT2D eigenvalue weighted by Gasteiger charge is -2.34. The molecule has 0 aromatic heterocycles. The van der Waals surface area contributed by atoms with Gasteiger partial charge in [-0.3, -0.25) is 9.69 Å². The third-order valence-electron chi connectivity index (χ3n) is 3.22. The van der Waals surface area contributed by atoms with Gasteiger partial charge in [-0.25, -0.2) is 4.39 Å². The molecule has 1 heterocycles. The normalized spacial score (nSPS) is 16.2. The molecule has 0 aliphatic carbocycles. The summed E-state index contributed by atoms with van der Waals surface area (Å²) in [6.07, 6.45) is 0. The second-order valence-corrected chi connectivity index (χ2v) is 5.56. The van der Waals surface area contributed by atoms with Crippen molar-refractivity contribution in [3.8, 4) is 0 Å². The number of piperazine rings is 1. The summed E-state index contributed by atoms with van der Waals surface area (Å²) < 4.78 is 13.7. The van der Waals surface area contributed by atoms with Crippen LogP contribution in [-0.2, 0) is 0 Å². The molecule has 1 aliphatic heterocycles. The number of carbonyl (C=O) groups excluding carboxylic acids is 1. The smallest absolute Gasteiger partial charge is 0.258 e. The molecular formula is C13H15ClFN3OS. The number of nitrogens with zero attached hydrogens (tertiary/aromatic N) is 2. The summed E-state index contributed by atoms with van der Waals surface area (Å²) in [6.45, 7) is 2.88. The Labute approximate surface area is 127 Å². The Morgan fingerprint density at radius 3 is 2.55 bits per heavy atom. The van der Waals surface area contributed by atoms with Crippen molar-refractivity contribution >= 4 is 34.7 Å². The van der Waals surface area contributed by atoms with Gasteiger partial charge in [0.1, 0.15) is 5.82 Å². The van der Waals surface area contributed by atoms with Crippen LogP contribution >= 0.6 is 23.8 Å². The highest BCUT2D eigenvalue weighted by molar-refractivity contribution is 7.80. The van der Waals surface area contributed by atoms with Gasteiger partial charge in [0.25, 0.3) is 5.91 Å². The number of thiocarbonyl (C=S) groups is 1. The molecule has 1 aromatic rings. The first kappa shape index (κ1) is 15.2. The van der Waals surface area contributed by atoms with E-state index in [4.69, 9.17) is 29.6 Å². The molecule has 2 rings (SSSR count). The molecule has 0 saturated carbocycles. The zero-order valence-electron chi connectivity index (χ0n) is 10.8. The van der Waals surface area contributed by atoms with Gasteiger partial charge in [0.05, 0.1) is 15.6 Å². The summed E-state index contributed by atoms with van der Waals surface area (Å²) >= 11 is 10.8. The highest BCUT2D eigenvalue weighted by Crippen LogP contribution is 2.21. The van der Waals surface area contributed by atoms with Crippen molar-refractivity contribution in [3.63, 3.8) is 0 Å². The Kier molecular flexibility index (Phi) is 4.91. The van der Waals surface area contributed by atoms with E-state index in [1.54, 1.807) is 4.90 Å². The van der Waals surface area contributed by atoms with Crippen LogP contribution in [0.25, 0.3) is 0 Å². The van der Waals surface area contributed by atoms with E-state index in [0.717, 1.165) is 0 Å². The van der Waals surface area contributed by atoms with E-state index < -0.39 is 5.82 Å². The summed E-state index contributed by atoms with van der Waals surface area (Å²) in [5, 5.41) is 0.139. The van der Waals surface area contributed by atoms with Gasteiger partial charge in [0, 0.05) is 32.7 Å². The van der Waals surface area contributed by atoms with E-state index in [2.05, 4.69) is 4.90 Å². The number of benzene rings is 1.